The summed E-state index contributed by atoms with van der Waals surface area (Å²) in [5, 5.41) is 0. The number of hydrogen-bond acceptors (Lipinski definition) is 3. The fourth-order valence-electron chi connectivity index (χ4n) is 1.78. The van der Waals surface area contributed by atoms with Crippen molar-refractivity contribution < 1.29 is 9.53 Å². The molecule has 1 aromatic rings. The highest BCUT2D eigenvalue weighted by Gasteiger charge is 2.30. The first-order valence-electron chi connectivity index (χ1n) is 5.51. The zero-order valence-electron chi connectivity index (χ0n) is 10.2. The Balaban J connectivity index is 2.23. The topological polar surface area (TPSA) is 42.4 Å². The molecule has 2 heterocycles. The van der Waals surface area contributed by atoms with Gasteiger partial charge in [0.15, 0.2) is 0 Å². The summed E-state index contributed by atoms with van der Waals surface area (Å²) in [7, 11) is 0. The molecule has 2 rings (SSSR count). The van der Waals surface area contributed by atoms with Crippen LogP contribution in [-0.2, 0) is 11.2 Å². The van der Waals surface area contributed by atoms with Crippen molar-refractivity contribution in [1.29, 1.82) is 0 Å². The number of amides is 1. The van der Waals surface area contributed by atoms with E-state index in [0.717, 1.165) is 22.1 Å². The van der Waals surface area contributed by atoms with Crippen molar-refractivity contribution >= 4 is 27.7 Å². The molecule has 1 aliphatic rings. The van der Waals surface area contributed by atoms with E-state index in [1.54, 1.807) is 17.3 Å². The predicted octanol–water partition coefficient (Wildman–Crippen LogP) is 3.14. The summed E-state index contributed by atoms with van der Waals surface area (Å²) >= 11 is 3.44. The second kappa shape index (κ2) is 4.29. The number of carbonyl (C=O) groups is 1. The first-order chi connectivity index (χ1) is 7.88. The number of halogens is 1. The summed E-state index contributed by atoms with van der Waals surface area (Å²) < 4.78 is 6.31. The minimum absolute atomic E-state index is 0.309. The Kier molecular flexibility index (Phi) is 3.12. The highest BCUT2D eigenvalue weighted by molar-refractivity contribution is 9.10. The van der Waals surface area contributed by atoms with E-state index < -0.39 is 5.60 Å². The quantitative estimate of drug-likeness (QED) is 0.739. The van der Waals surface area contributed by atoms with Crippen molar-refractivity contribution in [2.75, 3.05) is 11.4 Å². The second-order valence-electron chi connectivity index (χ2n) is 5.00. The number of ether oxygens (including phenoxy) is 1. The molecule has 1 amide bonds. The second-order valence-corrected chi connectivity index (χ2v) is 5.86. The number of rotatable bonds is 0. The molecule has 0 radical (unpaired) electrons. The first kappa shape index (κ1) is 12.4. The highest BCUT2D eigenvalue weighted by Crippen LogP contribution is 2.33. The van der Waals surface area contributed by atoms with Gasteiger partial charge in [0.2, 0.25) is 0 Å². The molecule has 92 valence electrons. The van der Waals surface area contributed by atoms with E-state index in [1.165, 1.54) is 0 Å². The van der Waals surface area contributed by atoms with E-state index in [2.05, 4.69) is 20.9 Å². The van der Waals surface area contributed by atoms with Crippen LogP contribution in [0.2, 0.25) is 0 Å². The van der Waals surface area contributed by atoms with Gasteiger partial charge in [-0.1, -0.05) is 0 Å². The van der Waals surface area contributed by atoms with Crippen LogP contribution in [0, 0.1) is 0 Å². The third kappa shape index (κ3) is 2.60. The SMILES string of the molecule is CC(C)(C)OC(=O)N1CCc2c(Br)cncc21. The maximum Gasteiger partial charge on any atom is 0.414 e. The number of hydrogen-bond donors (Lipinski definition) is 0. The van der Waals surface area contributed by atoms with Gasteiger partial charge in [0.25, 0.3) is 0 Å². The van der Waals surface area contributed by atoms with Crippen LogP contribution in [0.25, 0.3) is 0 Å². The van der Waals surface area contributed by atoms with Crippen LogP contribution in [0.4, 0.5) is 10.5 Å². The Labute approximate surface area is 109 Å². The summed E-state index contributed by atoms with van der Waals surface area (Å²) in [4.78, 5) is 17.7. The number of aromatic nitrogens is 1. The van der Waals surface area contributed by atoms with Crippen molar-refractivity contribution in [3.05, 3.63) is 22.4 Å². The Bertz CT molecular complexity index is 454. The largest absolute Gasteiger partial charge is 0.443 e. The Morgan fingerprint density at radius 1 is 1.47 bits per heavy atom. The maximum atomic E-state index is 12.0. The van der Waals surface area contributed by atoms with Gasteiger partial charge in [-0.15, -0.1) is 0 Å². The average molecular weight is 299 g/mol. The van der Waals surface area contributed by atoms with Crippen molar-refractivity contribution in [1.82, 2.24) is 4.98 Å². The molecule has 0 bridgehead atoms. The molecule has 0 aromatic carbocycles. The lowest BCUT2D eigenvalue weighted by Crippen LogP contribution is -2.35. The molecule has 0 aliphatic carbocycles. The Morgan fingerprint density at radius 2 is 2.18 bits per heavy atom. The molecule has 0 saturated heterocycles. The normalized spacial score (nSPS) is 14.7. The number of pyridine rings is 1. The summed E-state index contributed by atoms with van der Waals surface area (Å²) in [6.07, 6.45) is 3.97. The molecular weight excluding hydrogens is 284 g/mol. The van der Waals surface area contributed by atoms with Crippen LogP contribution in [0.1, 0.15) is 26.3 Å². The van der Waals surface area contributed by atoms with E-state index in [-0.39, 0.29) is 6.09 Å². The van der Waals surface area contributed by atoms with E-state index in [0.29, 0.717) is 6.54 Å². The molecule has 0 atom stereocenters. The first-order valence-corrected chi connectivity index (χ1v) is 6.31. The van der Waals surface area contributed by atoms with Crippen molar-refractivity contribution in [2.24, 2.45) is 0 Å². The van der Waals surface area contributed by atoms with E-state index in [4.69, 9.17) is 4.74 Å². The Morgan fingerprint density at radius 3 is 2.82 bits per heavy atom. The average Bonchev–Trinajstić information content (AvgIpc) is 2.60. The lowest BCUT2D eigenvalue weighted by atomic mass is 10.2. The molecular formula is C12H15BrN2O2. The number of anilines is 1. The van der Waals surface area contributed by atoms with Crippen LogP contribution in [0.5, 0.6) is 0 Å². The summed E-state index contributed by atoms with van der Waals surface area (Å²) in [6.45, 7) is 6.23. The molecule has 17 heavy (non-hydrogen) atoms. The van der Waals surface area contributed by atoms with Gasteiger partial charge in [0, 0.05) is 17.2 Å². The highest BCUT2D eigenvalue weighted by atomic mass is 79.9. The minimum atomic E-state index is -0.473. The molecule has 0 saturated carbocycles. The van der Waals surface area contributed by atoms with Gasteiger partial charge in [-0.2, -0.15) is 0 Å². The van der Waals surface area contributed by atoms with Gasteiger partial charge in [0.05, 0.1) is 11.9 Å². The molecule has 4 nitrogen and oxygen atoms in total. The number of carbonyl (C=O) groups excluding carboxylic acids is 1. The predicted molar refractivity (Wildman–Crippen MR) is 69.2 cm³/mol. The van der Waals surface area contributed by atoms with Gasteiger partial charge < -0.3 is 4.74 Å². The summed E-state index contributed by atoms with van der Waals surface area (Å²) in [5.41, 5.74) is 1.48. The maximum absolute atomic E-state index is 12.0. The zero-order valence-corrected chi connectivity index (χ0v) is 11.7. The zero-order chi connectivity index (χ0) is 12.6. The lowest BCUT2D eigenvalue weighted by molar-refractivity contribution is 0.0584. The number of nitrogens with zero attached hydrogens (tertiary/aromatic N) is 2. The van der Waals surface area contributed by atoms with Crippen LogP contribution in [0.15, 0.2) is 16.9 Å². The molecule has 0 fully saturated rings. The van der Waals surface area contributed by atoms with Crippen molar-refractivity contribution in [3.63, 3.8) is 0 Å². The fraction of sp³-hybridized carbons (Fsp3) is 0.500. The van der Waals surface area contributed by atoms with Gasteiger partial charge in [-0.3, -0.25) is 9.88 Å². The van der Waals surface area contributed by atoms with Crippen LogP contribution in [-0.4, -0.2) is 23.2 Å². The van der Waals surface area contributed by atoms with Crippen molar-refractivity contribution in [2.45, 2.75) is 32.8 Å². The third-order valence-corrected chi connectivity index (χ3v) is 3.16. The van der Waals surface area contributed by atoms with E-state index >= 15 is 0 Å². The van der Waals surface area contributed by atoms with E-state index in [9.17, 15) is 4.79 Å². The Hall–Kier alpha value is -1.10. The molecule has 1 aromatic heterocycles. The van der Waals surface area contributed by atoms with Gasteiger partial charge in [-0.05, 0) is 48.7 Å². The third-order valence-electron chi connectivity index (χ3n) is 2.47. The molecule has 0 spiro atoms. The minimum Gasteiger partial charge on any atom is -0.443 e. The smallest absolute Gasteiger partial charge is 0.414 e. The van der Waals surface area contributed by atoms with Crippen molar-refractivity contribution in [3.8, 4) is 0 Å². The lowest BCUT2D eigenvalue weighted by Gasteiger charge is -2.24. The van der Waals surface area contributed by atoms with Gasteiger partial charge in [0.1, 0.15) is 5.60 Å². The monoisotopic (exact) mass is 298 g/mol. The molecule has 0 unspecified atom stereocenters. The van der Waals surface area contributed by atoms with E-state index in [1.807, 2.05) is 20.8 Å². The van der Waals surface area contributed by atoms with Crippen LogP contribution < -0.4 is 4.90 Å². The standard InChI is InChI=1S/C12H15BrN2O2/c1-12(2,3)17-11(16)15-5-4-8-9(13)6-14-7-10(8)15/h6-7H,4-5H2,1-3H3. The van der Waals surface area contributed by atoms with Gasteiger partial charge >= 0.3 is 6.09 Å². The molecule has 1 aliphatic heterocycles. The van der Waals surface area contributed by atoms with Crippen LogP contribution in [0.3, 0.4) is 0 Å². The van der Waals surface area contributed by atoms with Gasteiger partial charge in [-0.25, -0.2) is 4.79 Å². The molecule has 5 heteroatoms. The molecule has 0 N–H and O–H groups in total. The fourth-order valence-corrected chi connectivity index (χ4v) is 2.30. The number of fused-ring (bicyclic) bond motifs is 1. The summed E-state index contributed by atoms with van der Waals surface area (Å²) in [6, 6.07) is 0. The summed E-state index contributed by atoms with van der Waals surface area (Å²) in [5.74, 6) is 0. The van der Waals surface area contributed by atoms with Crippen LogP contribution >= 0.6 is 15.9 Å².